The summed E-state index contributed by atoms with van der Waals surface area (Å²) in [6.45, 7) is 0. The molecule has 0 atom stereocenters. The normalized spacial score (nSPS) is 28.5. The zero-order valence-corrected chi connectivity index (χ0v) is 11.9. The number of benzene rings is 1. The molecule has 0 aliphatic heterocycles. The van der Waals surface area contributed by atoms with Crippen LogP contribution in [-0.4, -0.2) is 4.98 Å². The van der Waals surface area contributed by atoms with Crippen LogP contribution < -0.4 is 0 Å². The van der Waals surface area contributed by atoms with E-state index in [1.54, 1.807) is 5.56 Å². The maximum atomic E-state index is 4.09. The van der Waals surface area contributed by atoms with Crippen LogP contribution in [-0.2, 0) is 5.41 Å². The highest BCUT2D eigenvalue weighted by Crippen LogP contribution is 2.51. The van der Waals surface area contributed by atoms with Crippen LogP contribution in [0.2, 0.25) is 0 Å². The third-order valence-corrected chi connectivity index (χ3v) is 5.60. The maximum Gasteiger partial charge on any atom is 0.0273 e. The molecule has 1 nitrogen and oxygen atoms in total. The molecule has 0 saturated heterocycles. The van der Waals surface area contributed by atoms with Gasteiger partial charge in [0.2, 0.25) is 0 Å². The predicted molar refractivity (Wildman–Crippen MR) is 82.5 cm³/mol. The van der Waals surface area contributed by atoms with Crippen LogP contribution in [0.3, 0.4) is 0 Å². The van der Waals surface area contributed by atoms with Crippen molar-refractivity contribution in [3.63, 3.8) is 0 Å². The number of hydrogen-bond acceptors (Lipinski definition) is 1. The summed E-state index contributed by atoms with van der Waals surface area (Å²) >= 11 is 0. The van der Waals surface area contributed by atoms with E-state index in [0.29, 0.717) is 5.41 Å². The first-order chi connectivity index (χ1) is 9.86. The fraction of sp³-hybridized carbons (Fsp3) is 0.421. The fourth-order valence-electron chi connectivity index (χ4n) is 4.24. The number of rotatable bonds is 2. The van der Waals surface area contributed by atoms with Crippen molar-refractivity contribution in [2.45, 2.75) is 43.9 Å². The molecule has 0 N–H and O–H groups in total. The lowest BCUT2D eigenvalue weighted by Gasteiger charge is -2.47. The second-order valence-corrected chi connectivity index (χ2v) is 6.58. The number of aromatic nitrogens is 1. The lowest BCUT2D eigenvalue weighted by atomic mass is 9.58. The summed E-state index contributed by atoms with van der Waals surface area (Å²) in [7, 11) is 0. The van der Waals surface area contributed by atoms with Gasteiger partial charge in [-0.3, -0.25) is 4.98 Å². The van der Waals surface area contributed by atoms with Crippen LogP contribution in [0.4, 0.5) is 0 Å². The zero-order chi connectivity index (χ0) is 13.4. The summed E-state index contributed by atoms with van der Waals surface area (Å²) in [5.41, 5.74) is 4.65. The third kappa shape index (κ3) is 1.96. The van der Waals surface area contributed by atoms with Crippen LogP contribution in [0.5, 0.6) is 0 Å². The van der Waals surface area contributed by atoms with Gasteiger partial charge in [-0.2, -0.15) is 0 Å². The van der Waals surface area contributed by atoms with Gasteiger partial charge in [0.1, 0.15) is 0 Å². The molecule has 0 amide bonds. The number of hydrogen-bond donors (Lipinski definition) is 0. The molecular weight excluding hydrogens is 242 g/mol. The number of pyridine rings is 1. The summed E-state index contributed by atoms with van der Waals surface area (Å²) < 4.78 is 0. The molecule has 0 unspecified atom stereocenters. The Morgan fingerprint density at radius 3 is 1.90 bits per heavy atom. The third-order valence-electron chi connectivity index (χ3n) is 5.60. The summed E-state index contributed by atoms with van der Waals surface area (Å²) in [6.07, 6.45) is 12.3. The summed E-state index contributed by atoms with van der Waals surface area (Å²) in [5, 5.41) is 0. The zero-order valence-electron chi connectivity index (χ0n) is 11.9. The van der Waals surface area contributed by atoms with Gasteiger partial charge in [0.25, 0.3) is 0 Å². The average molecular weight is 263 g/mol. The molecule has 3 aliphatic rings. The van der Waals surface area contributed by atoms with E-state index in [9.17, 15) is 0 Å². The van der Waals surface area contributed by atoms with Crippen LogP contribution >= 0.6 is 0 Å². The molecule has 1 aromatic heterocycles. The van der Waals surface area contributed by atoms with E-state index >= 15 is 0 Å². The fourth-order valence-corrected chi connectivity index (χ4v) is 4.24. The SMILES string of the molecule is c1cc(-c2ccc(C34CCC(CC3)CC4)cc2)ccn1. The van der Waals surface area contributed by atoms with Gasteiger partial charge in [0.05, 0.1) is 0 Å². The molecule has 3 fully saturated rings. The molecule has 0 spiro atoms. The van der Waals surface area contributed by atoms with E-state index in [1.807, 2.05) is 12.4 Å². The highest BCUT2D eigenvalue weighted by atomic mass is 14.6. The van der Waals surface area contributed by atoms with E-state index in [-0.39, 0.29) is 0 Å². The van der Waals surface area contributed by atoms with E-state index < -0.39 is 0 Å². The van der Waals surface area contributed by atoms with E-state index in [1.165, 1.54) is 49.7 Å². The lowest BCUT2D eigenvalue weighted by Crippen LogP contribution is -2.37. The number of nitrogens with zero attached hydrogens (tertiary/aromatic N) is 1. The van der Waals surface area contributed by atoms with E-state index in [2.05, 4.69) is 41.4 Å². The Morgan fingerprint density at radius 1 is 0.750 bits per heavy atom. The Labute approximate surface area is 121 Å². The van der Waals surface area contributed by atoms with Crippen LogP contribution in [0, 0.1) is 5.92 Å². The van der Waals surface area contributed by atoms with Crippen LogP contribution in [0.1, 0.15) is 44.1 Å². The van der Waals surface area contributed by atoms with Crippen molar-refractivity contribution < 1.29 is 0 Å². The Hall–Kier alpha value is -1.63. The monoisotopic (exact) mass is 263 g/mol. The Bertz CT molecular complexity index is 563. The average Bonchev–Trinajstić information content (AvgIpc) is 2.58. The number of fused-ring (bicyclic) bond motifs is 3. The van der Waals surface area contributed by atoms with E-state index in [4.69, 9.17) is 0 Å². The van der Waals surface area contributed by atoms with Crippen molar-refractivity contribution in [3.8, 4) is 11.1 Å². The molecular formula is C19H21N. The van der Waals surface area contributed by atoms with Crippen molar-refractivity contribution in [3.05, 3.63) is 54.4 Å². The second-order valence-electron chi connectivity index (χ2n) is 6.58. The maximum absolute atomic E-state index is 4.09. The standard InChI is InChI=1S/C19H21N/c1-3-18(19-10-5-15(6-11-19)7-12-19)4-2-16(1)17-8-13-20-14-9-17/h1-4,8-9,13-15H,5-7,10-12H2. The van der Waals surface area contributed by atoms with Gasteiger partial charge in [0, 0.05) is 12.4 Å². The lowest BCUT2D eigenvalue weighted by molar-refractivity contribution is 0.136. The molecule has 2 aromatic rings. The molecule has 1 heteroatoms. The van der Waals surface area contributed by atoms with Gasteiger partial charge >= 0.3 is 0 Å². The van der Waals surface area contributed by atoms with Gasteiger partial charge in [-0.15, -0.1) is 0 Å². The summed E-state index contributed by atoms with van der Waals surface area (Å²) in [6, 6.07) is 13.5. The van der Waals surface area contributed by atoms with Crippen molar-refractivity contribution in [1.82, 2.24) is 4.98 Å². The van der Waals surface area contributed by atoms with Gasteiger partial charge < -0.3 is 0 Å². The minimum Gasteiger partial charge on any atom is -0.265 e. The first-order valence-electron chi connectivity index (χ1n) is 7.87. The van der Waals surface area contributed by atoms with Gasteiger partial charge in [-0.1, -0.05) is 24.3 Å². The minimum atomic E-state index is 0.505. The Kier molecular flexibility index (Phi) is 2.87. The molecule has 3 saturated carbocycles. The Morgan fingerprint density at radius 2 is 1.30 bits per heavy atom. The molecule has 3 aliphatic carbocycles. The summed E-state index contributed by atoms with van der Waals surface area (Å²) in [4.78, 5) is 4.09. The highest BCUT2D eigenvalue weighted by Gasteiger charge is 2.41. The van der Waals surface area contributed by atoms with Crippen molar-refractivity contribution in [1.29, 1.82) is 0 Å². The molecule has 20 heavy (non-hydrogen) atoms. The van der Waals surface area contributed by atoms with Crippen LogP contribution in [0.25, 0.3) is 11.1 Å². The molecule has 1 heterocycles. The quantitative estimate of drug-likeness (QED) is 0.745. The molecule has 5 rings (SSSR count). The van der Waals surface area contributed by atoms with Gasteiger partial charge in [-0.05, 0) is 78.7 Å². The largest absolute Gasteiger partial charge is 0.265 e. The first kappa shape index (κ1) is 12.1. The van der Waals surface area contributed by atoms with Gasteiger partial charge in [0.15, 0.2) is 0 Å². The Balaban J connectivity index is 1.64. The van der Waals surface area contributed by atoms with Gasteiger partial charge in [-0.25, -0.2) is 0 Å². The predicted octanol–water partition coefficient (Wildman–Crippen LogP) is 4.97. The van der Waals surface area contributed by atoms with Crippen molar-refractivity contribution in [2.75, 3.05) is 0 Å². The minimum absolute atomic E-state index is 0.505. The second kappa shape index (κ2) is 4.73. The summed E-state index contributed by atoms with van der Waals surface area (Å²) in [5.74, 6) is 1.04. The molecule has 2 bridgehead atoms. The highest BCUT2D eigenvalue weighted by molar-refractivity contribution is 5.63. The molecule has 1 aromatic carbocycles. The first-order valence-corrected chi connectivity index (χ1v) is 7.87. The van der Waals surface area contributed by atoms with Crippen molar-refractivity contribution >= 4 is 0 Å². The molecule has 0 radical (unpaired) electrons. The topological polar surface area (TPSA) is 12.9 Å². The van der Waals surface area contributed by atoms with Crippen molar-refractivity contribution in [2.24, 2.45) is 5.92 Å². The van der Waals surface area contributed by atoms with E-state index in [0.717, 1.165) is 5.92 Å². The smallest absolute Gasteiger partial charge is 0.0273 e. The van der Waals surface area contributed by atoms with Crippen LogP contribution in [0.15, 0.2) is 48.8 Å². The molecule has 102 valence electrons.